The number of non-ortho nitro benzene ring substituents is 2. The standard InChI is InChI=1S/C48H38N10O10/c59-55(60)41-5-11-45(47(33-41)57(63)64)53-25-17-37(18-26-53)35-13-21-51(22-14-35)29-31-67-43-7-1-39(2-8-43)49-50-40-3-9-44(10-4-40)68-32-30-52-23-15-36(16-24-52)38-19-27-54(28-20-38)46-12-6-42(56(61)62)34-48(46)58(65)66/h1-28,33-34H,29-32H2/q+4. The van der Waals surface area contributed by atoms with Crippen molar-refractivity contribution in [3.63, 3.8) is 0 Å². The maximum absolute atomic E-state index is 11.6. The minimum absolute atomic E-state index is 0.218. The molecule has 0 aliphatic rings. The maximum Gasteiger partial charge on any atom is 0.347 e. The normalized spacial score (nSPS) is 11.0. The van der Waals surface area contributed by atoms with E-state index in [1.807, 2.05) is 131 Å². The Bertz CT molecular complexity index is 2940. The van der Waals surface area contributed by atoms with Gasteiger partial charge in [0, 0.05) is 72.8 Å². The summed E-state index contributed by atoms with van der Waals surface area (Å²) in [6.45, 7) is 2.04. The third-order valence-electron chi connectivity index (χ3n) is 10.6. The van der Waals surface area contributed by atoms with Crippen molar-refractivity contribution in [1.82, 2.24) is 0 Å². The van der Waals surface area contributed by atoms with Crippen molar-refractivity contribution in [2.75, 3.05) is 13.2 Å². The van der Waals surface area contributed by atoms with Crippen LogP contribution in [0.1, 0.15) is 0 Å². The number of aromatic nitrogens is 4. The number of pyridine rings is 4. The molecule has 336 valence electrons. The number of nitrogens with zero attached hydrogens (tertiary/aromatic N) is 10. The van der Waals surface area contributed by atoms with Gasteiger partial charge in [-0.25, -0.2) is 9.13 Å². The average molecular weight is 915 g/mol. The Morgan fingerprint density at radius 2 is 0.721 bits per heavy atom. The predicted octanol–water partition coefficient (Wildman–Crippen LogP) is 8.36. The monoisotopic (exact) mass is 914 g/mol. The summed E-state index contributed by atoms with van der Waals surface area (Å²) in [5, 5.41) is 54.0. The predicted molar refractivity (Wildman–Crippen MR) is 242 cm³/mol. The van der Waals surface area contributed by atoms with Gasteiger partial charge < -0.3 is 9.47 Å². The van der Waals surface area contributed by atoms with Crippen molar-refractivity contribution in [3.05, 3.63) is 223 Å². The van der Waals surface area contributed by atoms with Gasteiger partial charge >= 0.3 is 11.4 Å². The third-order valence-corrected chi connectivity index (χ3v) is 10.6. The molecule has 4 aromatic carbocycles. The van der Waals surface area contributed by atoms with Crippen LogP contribution >= 0.6 is 0 Å². The Morgan fingerprint density at radius 1 is 0.397 bits per heavy atom. The molecule has 0 aliphatic carbocycles. The van der Waals surface area contributed by atoms with E-state index in [1.165, 1.54) is 24.3 Å². The summed E-state index contributed by atoms with van der Waals surface area (Å²) >= 11 is 0. The summed E-state index contributed by atoms with van der Waals surface area (Å²) < 4.78 is 19.0. The maximum atomic E-state index is 11.6. The molecule has 0 fully saturated rings. The minimum atomic E-state index is -0.666. The number of hydrogen-bond donors (Lipinski definition) is 0. The highest BCUT2D eigenvalue weighted by atomic mass is 16.6. The van der Waals surface area contributed by atoms with E-state index in [2.05, 4.69) is 10.2 Å². The van der Waals surface area contributed by atoms with E-state index in [0.717, 1.165) is 34.4 Å². The van der Waals surface area contributed by atoms with Crippen molar-refractivity contribution < 1.29 is 47.4 Å². The molecule has 0 bridgehead atoms. The number of nitro benzene ring substituents is 4. The van der Waals surface area contributed by atoms with Crippen LogP contribution in [0.25, 0.3) is 33.6 Å². The zero-order chi connectivity index (χ0) is 47.6. The van der Waals surface area contributed by atoms with Crippen LogP contribution in [0.3, 0.4) is 0 Å². The fourth-order valence-corrected chi connectivity index (χ4v) is 7.01. The highest BCUT2D eigenvalue weighted by Gasteiger charge is 2.27. The summed E-state index contributed by atoms with van der Waals surface area (Å²) in [5.74, 6) is 1.37. The molecule has 4 heterocycles. The van der Waals surface area contributed by atoms with Crippen LogP contribution in [0.15, 0.2) is 193 Å². The van der Waals surface area contributed by atoms with E-state index in [-0.39, 0.29) is 34.1 Å². The van der Waals surface area contributed by atoms with Gasteiger partial charge in [-0.05, 0) is 70.8 Å². The smallest absolute Gasteiger partial charge is 0.347 e. The molecule has 0 unspecified atom stereocenters. The van der Waals surface area contributed by atoms with E-state index in [0.29, 0.717) is 49.2 Å². The van der Waals surface area contributed by atoms with Gasteiger partial charge in [0.25, 0.3) is 22.7 Å². The van der Waals surface area contributed by atoms with Gasteiger partial charge in [0.2, 0.25) is 0 Å². The topological polar surface area (TPSA) is 231 Å². The lowest BCUT2D eigenvalue weighted by atomic mass is 10.1. The zero-order valence-corrected chi connectivity index (χ0v) is 35.7. The number of ether oxygens (including phenoxy) is 2. The van der Waals surface area contributed by atoms with Gasteiger partial charge in [0.15, 0.2) is 62.7 Å². The van der Waals surface area contributed by atoms with Gasteiger partial charge in [0.1, 0.15) is 36.8 Å². The Labute approximate surface area is 385 Å². The van der Waals surface area contributed by atoms with E-state index in [4.69, 9.17) is 9.47 Å². The first kappa shape index (κ1) is 44.9. The fourth-order valence-electron chi connectivity index (χ4n) is 7.01. The highest BCUT2D eigenvalue weighted by Crippen LogP contribution is 2.28. The number of azo groups is 1. The van der Waals surface area contributed by atoms with Gasteiger partial charge in [-0.3, -0.25) is 40.5 Å². The molecule has 0 saturated carbocycles. The Morgan fingerprint density at radius 3 is 1.03 bits per heavy atom. The van der Waals surface area contributed by atoms with E-state index < -0.39 is 19.7 Å². The molecule has 20 heteroatoms. The average Bonchev–Trinajstić information content (AvgIpc) is 3.36. The molecule has 68 heavy (non-hydrogen) atoms. The molecular weight excluding hydrogens is 877 g/mol. The summed E-state index contributed by atoms with van der Waals surface area (Å²) in [5.41, 5.74) is 3.97. The Balaban J connectivity index is 0.759. The highest BCUT2D eigenvalue weighted by molar-refractivity contribution is 5.62. The molecule has 0 saturated heterocycles. The lowest BCUT2D eigenvalue weighted by Gasteiger charge is -2.05. The molecule has 8 rings (SSSR count). The van der Waals surface area contributed by atoms with Crippen LogP contribution in [-0.2, 0) is 13.1 Å². The molecule has 0 N–H and O–H groups in total. The van der Waals surface area contributed by atoms with Crippen LogP contribution in [0.4, 0.5) is 34.1 Å². The van der Waals surface area contributed by atoms with Crippen LogP contribution < -0.4 is 27.7 Å². The number of benzene rings is 4. The zero-order valence-electron chi connectivity index (χ0n) is 35.7. The lowest BCUT2D eigenvalue weighted by molar-refractivity contribution is -0.697. The molecule has 8 aromatic rings. The van der Waals surface area contributed by atoms with Gasteiger partial charge in [-0.1, -0.05) is 0 Å². The van der Waals surface area contributed by atoms with E-state index >= 15 is 0 Å². The summed E-state index contributed by atoms with van der Waals surface area (Å²) in [6.07, 6.45) is 14.4. The Kier molecular flexibility index (Phi) is 13.5. The van der Waals surface area contributed by atoms with Crippen molar-refractivity contribution >= 4 is 34.1 Å². The van der Waals surface area contributed by atoms with Crippen LogP contribution in [0.5, 0.6) is 11.5 Å². The lowest BCUT2D eigenvalue weighted by Crippen LogP contribution is -2.35. The molecule has 4 aromatic heterocycles. The largest absolute Gasteiger partial charge is 0.487 e. The number of hydrogen-bond acceptors (Lipinski definition) is 12. The summed E-state index contributed by atoms with van der Waals surface area (Å²) in [4.78, 5) is 42.8. The van der Waals surface area contributed by atoms with Crippen LogP contribution in [-0.4, -0.2) is 32.9 Å². The summed E-state index contributed by atoms with van der Waals surface area (Å²) in [6, 6.07) is 36.8. The second-order valence-electron chi connectivity index (χ2n) is 14.9. The first-order valence-electron chi connectivity index (χ1n) is 20.7. The molecule has 0 aliphatic heterocycles. The SMILES string of the molecule is O=[N+]([O-])c1ccc(-[n+]2ccc(-c3cc[n+](CCOc4ccc(N=Nc5ccc(OCC[n+]6ccc(-c7cc[n+](-c8ccc([N+](=O)[O-])cc8[N+](=O)[O-])cc7)cc6)cc5)cc4)cc3)cc2)c([N+](=O)[O-])c1. The first-order chi connectivity index (χ1) is 33.0. The van der Waals surface area contributed by atoms with Gasteiger partial charge in [0.05, 0.1) is 31.1 Å². The van der Waals surface area contributed by atoms with E-state index in [9.17, 15) is 40.5 Å². The molecule has 0 radical (unpaired) electrons. The second kappa shape index (κ2) is 20.4. The van der Waals surface area contributed by atoms with Crippen molar-refractivity contribution in [1.29, 1.82) is 0 Å². The van der Waals surface area contributed by atoms with Gasteiger partial charge in [-0.15, -0.1) is 0 Å². The third kappa shape index (κ3) is 11.0. The van der Waals surface area contributed by atoms with Gasteiger partial charge in [-0.2, -0.15) is 19.4 Å². The minimum Gasteiger partial charge on any atom is -0.487 e. The number of nitro groups is 4. The van der Waals surface area contributed by atoms with E-state index in [1.54, 1.807) is 33.9 Å². The molecular formula is C48H38N10O10+4. The Hall–Kier alpha value is -9.72. The van der Waals surface area contributed by atoms with Crippen LogP contribution in [0, 0.1) is 40.5 Å². The van der Waals surface area contributed by atoms with Crippen LogP contribution in [0.2, 0.25) is 0 Å². The molecule has 0 amide bonds. The van der Waals surface area contributed by atoms with Crippen molar-refractivity contribution in [2.45, 2.75) is 13.1 Å². The first-order valence-corrected chi connectivity index (χ1v) is 20.7. The molecule has 20 nitrogen and oxygen atoms in total. The summed E-state index contributed by atoms with van der Waals surface area (Å²) in [7, 11) is 0. The fraction of sp³-hybridized carbons (Fsp3) is 0.0833. The molecule has 0 atom stereocenters. The second-order valence-corrected chi connectivity index (χ2v) is 14.9. The molecule has 0 spiro atoms. The quantitative estimate of drug-likeness (QED) is 0.0345. The van der Waals surface area contributed by atoms with Crippen molar-refractivity contribution in [3.8, 4) is 45.1 Å². The number of rotatable bonds is 18. The van der Waals surface area contributed by atoms with Crippen molar-refractivity contribution in [2.24, 2.45) is 10.2 Å².